The molecule has 0 unspecified atom stereocenters. The number of thiophene rings is 1. The van der Waals surface area contributed by atoms with Crippen molar-refractivity contribution in [1.82, 2.24) is 4.98 Å². The van der Waals surface area contributed by atoms with Crippen molar-refractivity contribution < 1.29 is 0 Å². The van der Waals surface area contributed by atoms with E-state index in [0.717, 1.165) is 5.69 Å². The van der Waals surface area contributed by atoms with Crippen LogP contribution in [-0.4, -0.2) is 4.98 Å². The highest BCUT2D eigenvalue weighted by atomic mass is 32.1. The van der Waals surface area contributed by atoms with Gasteiger partial charge in [-0.3, -0.25) is 4.98 Å². The Labute approximate surface area is 82.1 Å². The van der Waals surface area contributed by atoms with Crippen LogP contribution in [0.3, 0.4) is 0 Å². The number of pyridine rings is 1. The number of aromatic nitrogens is 1. The quantitative estimate of drug-likeness (QED) is 0.669. The first kappa shape index (κ1) is 8.45. The van der Waals surface area contributed by atoms with Crippen LogP contribution in [0.1, 0.15) is 10.4 Å². The molecule has 0 aliphatic heterocycles. The average molecular weight is 189 g/mol. The monoisotopic (exact) mass is 189 g/mol. The molecule has 0 atom stereocenters. The Kier molecular flexibility index (Phi) is 2.15. The van der Waals surface area contributed by atoms with Gasteiger partial charge in [-0.1, -0.05) is 6.07 Å². The lowest BCUT2D eigenvalue weighted by Gasteiger charge is -1.92. The Morgan fingerprint density at radius 2 is 2.08 bits per heavy atom. The van der Waals surface area contributed by atoms with E-state index in [4.69, 9.17) is 0 Å². The summed E-state index contributed by atoms with van der Waals surface area (Å²) in [6.07, 6.45) is 1.83. The van der Waals surface area contributed by atoms with E-state index in [1.165, 1.54) is 15.3 Å². The molecule has 0 fully saturated rings. The zero-order valence-corrected chi connectivity index (χ0v) is 8.56. The molecule has 2 aromatic rings. The summed E-state index contributed by atoms with van der Waals surface area (Å²) >= 11 is 1.80. The van der Waals surface area contributed by atoms with Gasteiger partial charge in [-0.05, 0) is 37.6 Å². The van der Waals surface area contributed by atoms with Crippen LogP contribution in [-0.2, 0) is 0 Å². The van der Waals surface area contributed by atoms with Gasteiger partial charge in [-0.15, -0.1) is 11.3 Å². The molecule has 0 aliphatic carbocycles. The van der Waals surface area contributed by atoms with Gasteiger partial charge in [0.25, 0.3) is 0 Å². The fraction of sp³-hybridized carbons (Fsp3) is 0.182. The van der Waals surface area contributed by atoms with E-state index in [0.29, 0.717) is 0 Å². The molecule has 0 bridgehead atoms. The minimum Gasteiger partial charge on any atom is -0.255 e. The number of hydrogen-bond donors (Lipinski definition) is 0. The summed E-state index contributed by atoms with van der Waals surface area (Å²) in [5.74, 6) is 0. The summed E-state index contributed by atoms with van der Waals surface area (Å²) in [7, 11) is 0. The summed E-state index contributed by atoms with van der Waals surface area (Å²) in [6, 6.07) is 8.20. The molecule has 2 rings (SSSR count). The summed E-state index contributed by atoms with van der Waals surface area (Å²) in [5, 5.41) is 0. The van der Waals surface area contributed by atoms with E-state index in [1.54, 1.807) is 11.3 Å². The molecular formula is C11H11NS. The highest BCUT2D eigenvalue weighted by Gasteiger charge is 2.03. The molecule has 0 aromatic carbocycles. The highest BCUT2D eigenvalue weighted by molar-refractivity contribution is 7.15. The lowest BCUT2D eigenvalue weighted by molar-refractivity contribution is 1.34. The molecule has 0 amide bonds. The maximum absolute atomic E-state index is 4.31. The molecule has 0 saturated carbocycles. The van der Waals surface area contributed by atoms with E-state index in [1.807, 2.05) is 24.4 Å². The van der Waals surface area contributed by atoms with E-state index in [-0.39, 0.29) is 0 Å². The summed E-state index contributed by atoms with van der Waals surface area (Å²) in [5.41, 5.74) is 2.43. The number of rotatable bonds is 1. The average Bonchev–Trinajstić information content (AvgIpc) is 2.49. The maximum atomic E-state index is 4.31. The van der Waals surface area contributed by atoms with Crippen molar-refractivity contribution in [3.05, 3.63) is 40.9 Å². The number of nitrogens with zero attached hydrogens (tertiary/aromatic N) is 1. The predicted octanol–water partition coefficient (Wildman–Crippen LogP) is 3.43. The smallest absolute Gasteiger partial charge is 0.0801 e. The first-order chi connectivity index (χ1) is 6.27. The Bertz CT molecular complexity index is 384. The molecule has 0 N–H and O–H groups in total. The van der Waals surface area contributed by atoms with Crippen molar-refractivity contribution in [2.24, 2.45) is 0 Å². The van der Waals surface area contributed by atoms with Gasteiger partial charge in [0.2, 0.25) is 0 Å². The number of hydrogen-bond acceptors (Lipinski definition) is 2. The minimum absolute atomic E-state index is 1.07. The molecule has 0 aliphatic rings. The van der Waals surface area contributed by atoms with Gasteiger partial charge < -0.3 is 0 Å². The Balaban J connectivity index is 2.48. The van der Waals surface area contributed by atoms with E-state index >= 15 is 0 Å². The summed E-state index contributed by atoms with van der Waals surface area (Å²) in [4.78, 5) is 6.95. The Hall–Kier alpha value is -1.15. The normalized spacial score (nSPS) is 10.3. The van der Waals surface area contributed by atoms with E-state index in [9.17, 15) is 0 Å². The molecule has 2 aromatic heterocycles. The lowest BCUT2D eigenvalue weighted by Crippen LogP contribution is -1.75. The number of aryl methyl sites for hydroxylation is 2. The summed E-state index contributed by atoms with van der Waals surface area (Å²) < 4.78 is 0. The molecular weight excluding hydrogens is 178 g/mol. The fourth-order valence-electron chi connectivity index (χ4n) is 1.21. The van der Waals surface area contributed by atoms with Crippen molar-refractivity contribution in [3.63, 3.8) is 0 Å². The van der Waals surface area contributed by atoms with Crippen LogP contribution in [0, 0.1) is 13.8 Å². The van der Waals surface area contributed by atoms with Crippen LogP contribution >= 0.6 is 11.3 Å². The van der Waals surface area contributed by atoms with Gasteiger partial charge in [0, 0.05) is 11.1 Å². The van der Waals surface area contributed by atoms with Crippen molar-refractivity contribution in [3.8, 4) is 10.6 Å². The lowest BCUT2D eigenvalue weighted by atomic mass is 10.2. The molecule has 13 heavy (non-hydrogen) atoms. The first-order valence-electron chi connectivity index (χ1n) is 4.26. The topological polar surface area (TPSA) is 12.9 Å². The van der Waals surface area contributed by atoms with Gasteiger partial charge >= 0.3 is 0 Å². The van der Waals surface area contributed by atoms with Crippen LogP contribution in [0.4, 0.5) is 0 Å². The van der Waals surface area contributed by atoms with Gasteiger partial charge in [-0.2, -0.15) is 0 Å². The summed E-state index contributed by atoms with van der Waals surface area (Å²) in [6.45, 7) is 4.28. The molecule has 2 heteroatoms. The third-order valence-corrected chi connectivity index (χ3v) is 3.26. The standard InChI is InChI=1S/C11H11NS/c1-8-7-11(13-9(8)2)10-5-3-4-6-12-10/h3-7H,1-2H3. The van der Waals surface area contributed by atoms with Crippen molar-refractivity contribution in [1.29, 1.82) is 0 Å². The third kappa shape index (κ3) is 1.63. The molecule has 2 heterocycles. The van der Waals surface area contributed by atoms with Crippen LogP contribution in [0.15, 0.2) is 30.5 Å². The Morgan fingerprint density at radius 3 is 2.62 bits per heavy atom. The second-order valence-electron chi connectivity index (χ2n) is 3.06. The van der Waals surface area contributed by atoms with Gasteiger partial charge in [0.05, 0.1) is 10.6 Å². The highest BCUT2D eigenvalue weighted by Crippen LogP contribution is 2.28. The SMILES string of the molecule is Cc1cc(-c2ccccn2)sc1C. The van der Waals surface area contributed by atoms with Crippen molar-refractivity contribution >= 4 is 11.3 Å². The zero-order chi connectivity index (χ0) is 9.26. The third-order valence-electron chi connectivity index (χ3n) is 2.08. The van der Waals surface area contributed by atoms with Crippen molar-refractivity contribution in [2.75, 3.05) is 0 Å². The minimum atomic E-state index is 1.07. The first-order valence-corrected chi connectivity index (χ1v) is 5.07. The van der Waals surface area contributed by atoms with Crippen molar-refractivity contribution in [2.45, 2.75) is 13.8 Å². The van der Waals surface area contributed by atoms with Crippen LogP contribution in [0.25, 0.3) is 10.6 Å². The second kappa shape index (κ2) is 3.30. The Morgan fingerprint density at radius 1 is 1.23 bits per heavy atom. The second-order valence-corrected chi connectivity index (χ2v) is 4.32. The largest absolute Gasteiger partial charge is 0.255 e. The van der Waals surface area contributed by atoms with Gasteiger partial charge in [0.1, 0.15) is 0 Å². The molecule has 0 radical (unpaired) electrons. The van der Waals surface area contributed by atoms with Gasteiger partial charge in [0.15, 0.2) is 0 Å². The molecule has 66 valence electrons. The van der Waals surface area contributed by atoms with Crippen LogP contribution in [0.5, 0.6) is 0 Å². The predicted molar refractivity (Wildman–Crippen MR) is 57.0 cm³/mol. The van der Waals surface area contributed by atoms with E-state index < -0.39 is 0 Å². The molecule has 0 saturated heterocycles. The fourth-order valence-corrected chi connectivity index (χ4v) is 2.22. The maximum Gasteiger partial charge on any atom is 0.0801 e. The molecule has 0 spiro atoms. The van der Waals surface area contributed by atoms with Gasteiger partial charge in [-0.25, -0.2) is 0 Å². The molecule has 1 nitrogen and oxygen atoms in total. The van der Waals surface area contributed by atoms with Crippen LogP contribution in [0.2, 0.25) is 0 Å². The zero-order valence-electron chi connectivity index (χ0n) is 7.74. The van der Waals surface area contributed by atoms with Crippen LogP contribution < -0.4 is 0 Å². The van der Waals surface area contributed by atoms with E-state index in [2.05, 4.69) is 24.9 Å².